The zero-order chi connectivity index (χ0) is 44.4. The first kappa shape index (κ1) is 55.9. The third kappa shape index (κ3) is 32.3. The molecule has 1 saturated heterocycles. The van der Waals surface area contributed by atoms with Crippen LogP contribution in [0.3, 0.4) is 0 Å². The fourth-order valence-corrected chi connectivity index (χ4v) is 6.59. The number of aliphatic hydroxyl groups is 4. The molecule has 10 nitrogen and oxygen atoms in total. The minimum Gasteiger partial charge on any atom is -0.462 e. The van der Waals surface area contributed by atoms with E-state index in [1.165, 1.54) is 70.6 Å². The van der Waals surface area contributed by atoms with Crippen molar-refractivity contribution in [3.05, 3.63) is 85.1 Å². The van der Waals surface area contributed by atoms with Crippen LogP contribution in [-0.4, -0.2) is 89.0 Å². The van der Waals surface area contributed by atoms with Gasteiger partial charge in [-0.15, -0.1) is 0 Å². The maximum absolute atomic E-state index is 12.7. The third-order valence-electron chi connectivity index (χ3n) is 10.3. The molecule has 0 saturated carbocycles. The van der Waals surface area contributed by atoms with Gasteiger partial charge in [0.05, 0.1) is 19.6 Å². The van der Waals surface area contributed by atoms with Gasteiger partial charge in [-0.2, -0.15) is 0 Å². The van der Waals surface area contributed by atoms with Crippen molar-refractivity contribution in [2.75, 3.05) is 19.8 Å². The molecule has 0 aromatic carbocycles. The number of hydrogen-bond donors (Lipinski definition) is 4. The predicted octanol–water partition coefficient (Wildman–Crippen LogP) is 10.6. The SMILES string of the molecule is CC/C=C\C/C=C\C/C=C\C/C=C\C/C=C\CC(=O)OC(COC(=O)CCCCCCCCCCC/C=C\C/C=C\CCCCCCC)COC1OC(CO)C(O)C(O)C1O. The van der Waals surface area contributed by atoms with E-state index in [0.29, 0.717) is 12.8 Å². The van der Waals surface area contributed by atoms with Gasteiger partial charge < -0.3 is 39.4 Å². The van der Waals surface area contributed by atoms with Crippen LogP contribution in [0.4, 0.5) is 0 Å². The van der Waals surface area contributed by atoms with Gasteiger partial charge in [-0.25, -0.2) is 0 Å². The van der Waals surface area contributed by atoms with Crippen LogP contribution in [0.2, 0.25) is 0 Å². The number of hydrogen-bond acceptors (Lipinski definition) is 10. The van der Waals surface area contributed by atoms with E-state index in [2.05, 4.69) is 80.7 Å². The molecule has 1 heterocycles. The fraction of sp³-hybridized carbons (Fsp3) is 0.686. The quantitative estimate of drug-likeness (QED) is 0.0268. The highest BCUT2D eigenvalue weighted by Gasteiger charge is 2.44. The standard InChI is InChI=1S/C51H84O10/c1-3-5-7-9-11-13-15-17-19-20-21-22-23-24-26-27-29-31-33-35-37-39-46(53)58-42-44(43-59-51-50(57)49(56)48(55)45(41-52)61-51)60-47(54)40-38-36-34-32-30-28-25-18-16-14-12-10-8-6-4-2/h6,8,12,14-15,17-18,20-21,25,30,32,36,38,44-45,48-52,55-57H,3-5,7,9-11,13,16,19,22-24,26-29,31,33-35,37,39-43H2,1-2H3/b8-6-,14-12-,17-15-,21-20-,25-18-,32-30-,38-36-. The lowest BCUT2D eigenvalue weighted by atomic mass is 9.99. The summed E-state index contributed by atoms with van der Waals surface area (Å²) in [4.78, 5) is 25.3. The second-order valence-electron chi connectivity index (χ2n) is 15.8. The lowest BCUT2D eigenvalue weighted by Gasteiger charge is -2.39. The van der Waals surface area contributed by atoms with Crippen molar-refractivity contribution in [2.45, 2.75) is 205 Å². The van der Waals surface area contributed by atoms with Crippen molar-refractivity contribution >= 4 is 11.9 Å². The highest BCUT2D eigenvalue weighted by molar-refractivity contribution is 5.71. The molecular weight excluding hydrogens is 773 g/mol. The number of esters is 2. The van der Waals surface area contributed by atoms with Gasteiger partial charge in [0, 0.05) is 6.42 Å². The number of rotatable bonds is 38. The van der Waals surface area contributed by atoms with E-state index in [0.717, 1.165) is 57.8 Å². The zero-order valence-corrected chi connectivity index (χ0v) is 37.9. The largest absolute Gasteiger partial charge is 0.462 e. The lowest BCUT2D eigenvalue weighted by molar-refractivity contribution is -0.305. The predicted molar refractivity (Wildman–Crippen MR) is 247 cm³/mol. The Bertz CT molecular complexity index is 1270. The van der Waals surface area contributed by atoms with E-state index in [4.69, 9.17) is 18.9 Å². The molecule has 348 valence electrons. The fourth-order valence-electron chi connectivity index (χ4n) is 6.59. The molecule has 0 aliphatic carbocycles. The third-order valence-corrected chi connectivity index (χ3v) is 10.3. The minimum atomic E-state index is -1.62. The molecule has 1 aliphatic rings. The Hall–Kier alpha value is -3.12. The molecule has 6 unspecified atom stereocenters. The van der Waals surface area contributed by atoms with Crippen LogP contribution < -0.4 is 0 Å². The molecule has 0 aromatic rings. The first-order valence-corrected chi connectivity index (χ1v) is 23.7. The summed E-state index contributed by atoms with van der Waals surface area (Å²) in [5, 5.41) is 40.1. The van der Waals surface area contributed by atoms with Gasteiger partial charge in [-0.1, -0.05) is 170 Å². The molecule has 0 radical (unpaired) electrons. The maximum atomic E-state index is 12.7. The topological polar surface area (TPSA) is 152 Å². The number of ether oxygens (including phenoxy) is 4. The van der Waals surface area contributed by atoms with Gasteiger partial charge in [0.2, 0.25) is 0 Å². The maximum Gasteiger partial charge on any atom is 0.310 e. The number of carbonyl (C=O) groups is 2. The highest BCUT2D eigenvalue weighted by Crippen LogP contribution is 2.22. The number of aliphatic hydroxyl groups excluding tert-OH is 4. The van der Waals surface area contributed by atoms with Crippen LogP contribution in [0.25, 0.3) is 0 Å². The van der Waals surface area contributed by atoms with Crippen molar-refractivity contribution in [2.24, 2.45) is 0 Å². The van der Waals surface area contributed by atoms with Crippen molar-refractivity contribution in [3.63, 3.8) is 0 Å². The molecule has 0 aromatic heterocycles. The normalized spacial score (nSPS) is 20.5. The zero-order valence-electron chi connectivity index (χ0n) is 37.9. The summed E-state index contributed by atoms with van der Waals surface area (Å²) in [6, 6.07) is 0. The first-order chi connectivity index (χ1) is 29.8. The Morgan fingerprint density at radius 2 is 1.02 bits per heavy atom. The Balaban J connectivity index is 2.34. The van der Waals surface area contributed by atoms with Crippen LogP contribution >= 0.6 is 0 Å². The summed E-state index contributed by atoms with van der Waals surface area (Å²) in [5.41, 5.74) is 0. The summed E-state index contributed by atoms with van der Waals surface area (Å²) in [6.45, 7) is 3.19. The molecule has 61 heavy (non-hydrogen) atoms. The first-order valence-electron chi connectivity index (χ1n) is 23.7. The molecule has 1 rings (SSSR count). The van der Waals surface area contributed by atoms with E-state index >= 15 is 0 Å². The van der Waals surface area contributed by atoms with E-state index in [-0.39, 0.29) is 26.1 Å². The Kier molecular flexibility index (Phi) is 37.5. The average molecular weight is 857 g/mol. The van der Waals surface area contributed by atoms with Gasteiger partial charge in [-0.05, 0) is 70.6 Å². The molecule has 0 spiro atoms. The Morgan fingerprint density at radius 3 is 1.54 bits per heavy atom. The molecular formula is C51H84O10. The molecule has 4 N–H and O–H groups in total. The Morgan fingerprint density at radius 1 is 0.541 bits per heavy atom. The second kappa shape index (κ2) is 40.9. The lowest BCUT2D eigenvalue weighted by Crippen LogP contribution is -2.59. The van der Waals surface area contributed by atoms with Crippen LogP contribution in [0.1, 0.15) is 168 Å². The Labute approximate surface area is 369 Å². The molecule has 1 fully saturated rings. The number of allylic oxidation sites excluding steroid dienone is 13. The van der Waals surface area contributed by atoms with Gasteiger partial charge in [-0.3, -0.25) is 9.59 Å². The van der Waals surface area contributed by atoms with E-state index in [1.54, 1.807) is 6.08 Å². The van der Waals surface area contributed by atoms with E-state index < -0.39 is 55.4 Å². The average Bonchev–Trinajstić information content (AvgIpc) is 3.26. The number of carbonyl (C=O) groups excluding carboxylic acids is 2. The summed E-state index contributed by atoms with van der Waals surface area (Å²) < 4.78 is 22.0. The number of unbranched alkanes of at least 4 members (excludes halogenated alkanes) is 14. The smallest absolute Gasteiger partial charge is 0.310 e. The molecule has 1 aliphatic heterocycles. The van der Waals surface area contributed by atoms with Gasteiger partial charge >= 0.3 is 11.9 Å². The van der Waals surface area contributed by atoms with Gasteiger partial charge in [0.25, 0.3) is 0 Å². The van der Waals surface area contributed by atoms with Crippen LogP contribution in [-0.2, 0) is 28.5 Å². The van der Waals surface area contributed by atoms with Crippen molar-refractivity contribution in [3.8, 4) is 0 Å². The van der Waals surface area contributed by atoms with Crippen molar-refractivity contribution in [1.29, 1.82) is 0 Å². The minimum absolute atomic E-state index is 0.00714. The van der Waals surface area contributed by atoms with Crippen molar-refractivity contribution in [1.82, 2.24) is 0 Å². The summed E-state index contributed by atoms with van der Waals surface area (Å²) >= 11 is 0. The summed E-state index contributed by atoms with van der Waals surface area (Å²) in [6.07, 6.45) is 46.2. The van der Waals surface area contributed by atoms with Gasteiger partial charge in [0.1, 0.15) is 31.0 Å². The van der Waals surface area contributed by atoms with Crippen molar-refractivity contribution < 1.29 is 49.0 Å². The van der Waals surface area contributed by atoms with Crippen LogP contribution in [0, 0.1) is 0 Å². The van der Waals surface area contributed by atoms with E-state index in [9.17, 15) is 30.0 Å². The molecule has 6 atom stereocenters. The molecule has 10 heteroatoms. The van der Waals surface area contributed by atoms with Crippen LogP contribution in [0.5, 0.6) is 0 Å². The molecule has 0 bridgehead atoms. The summed E-state index contributed by atoms with van der Waals surface area (Å²) in [5.74, 6) is -0.965. The second-order valence-corrected chi connectivity index (χ2v) is 15.8. The summed E-state index contributed by atoms with van der Waals surface area (Å²) in [7, 11) is 0. The molecule has 0 amide bonds. The van der Waals surface area contributed by atoms with E-state index in [1.807, 2.05) is 12.2 Å². The van der Waals surface area contributed by atoms with Gasteiger partial charge in [0.15, 0.2) is 12.4 Å². The highest BCUT2D eigenvalue weighted by atomic mass is 16.7. The monoisotopic (exact) mass is 857 g/mol. The van der Waals surface area contributed by atoms with Crippen LogP contribution in [0.15, 0.2) is 85.1 Å².